The van der Waals surface area contributed by atoms with Gasteiger partial charge in [-0.15, -0.1) is 0 Å². The Bertz CT molecular complexity index is 638. The number of hydrogen-bond acceptors (Lipinski definition) is 2. The summed E-state index contributed by atoms with van der Waals surface area (Å²) < 4.78 is 0. The zero-order chi connectivity index (χ0) is 15.2. The first-order valence-corrected chi connectivity index (χ1v) is 6.87. The summed E-state index contributed by atoms with van der Waals surface area (Å²) in [5, 5.41) is 2.84. The minimum absolute atomic E-state index is 0.0923. The van der Waals surface area contributed by atoms with Crippen molar-refractivity contribution >= 4 is 17.5 Å². The Morgan fingerprint density at radius 3 is 2.43 bits per heavy atom. The van der Waals surface area contributed by atoms with Crippen LogP contribution in [0.2, 0.25) is 0 Å². The lowest BCUT2D eigenvalue weighted by Crippen LogP contribution is -2.21. The third-order valence-electron chi connectivity index (χ3n) is 3.34. The molecule has 0 spiro atoms. The Morgan fingerprint density at radius 1 is 1.10 bits per heavy atom. The topological polar surface area (TPSA) is 72.2 Å². The predicted molar refractivity (Wildman–Crippen MR) is 83.1 cm³/mol. The summed E-state index contributed by atoms with van der Waals surface area (Å²) >= 11 is 0. The van der Waals surface area contributed by atoms with Gasteiger partial charge in [0, 0.05) is 11.3 Å². The summed E-state index contributed by atoms with van der Waals surface area (Å²) in [5.74, 6) is -0.824. The number of benzene rings is 2. The first kappa shape index (κ1) is 14.8. The zero-order valence-corrected chi connectivity index (χ0v) is 11.9. The average Bonchev–Trinajstić information content (AvgIpc) is 2.49. The first-order valence-electron chi connectivity index (χ1n) is 6.87. The Labute approximate surface area is 124 Å². The van der Waals surface area contributed by atoms with Crippen LogP contribution in [0, 0.1) is 0 Å². The molecule has 4 nitrogen and oxygen atoms in total. The van der Waals surface area contributed by atoms with Crippen LogP contribution in [-0.4, -0.2) is 11.8 Å². The van der Waals surface area contributed by atoms with Gasteiger partial charge in [-0.3, -0.25) is 9.59 Å². The number of anilines is 1. The molecule has 0 fully saturated rings. The Balaban J connectivity index is 2.16. The Hall–Kier alpha value is -2.62. The summed E-state index contributed by atoms with van der Waals surface area (Å²) in [6, 6.07) is 16.3. The molecular formula is C17H18N2O2. The van der Waals surface area contributed by atoms with Crippen LogP contribution in [-0.2, 0) is 4.79 Å². The zero-order valence-electron chi connectivity index (χ0n) is 11.9. The molecule has 3 N–H and O–H groups in total. The predicted octanol–water partition coefficient (Wildman–Crippen LogP) is 2.92. The molecule has 2 aromatic rings. The van der Waals surface area contributed by atoms with Gasteiger partial charge in [-0.25, -0.2) is 0 Å². The number of nitrogens with two attached hydrogens (primary N) is 1. The molecule has 0 heterocycles. The molecule has 0 saturated heterocycles. The van der Waals surface area contributed by atoms with Gasteiger partial charge in [0.1, 0.15) is 0 Å². The van der Waals surface area contributed by atoms with Crippen LogP contribution >= 0.6 is 0 Å². The van der Waals surface area contributed by atoms with Gasteiger partial charge in [0.25, 0.3) is 0 Å². The van der Waals surface area contributed by atoms with Crippen molar-refractivity contribution in [1.82, 2.24) is 0 Å². The minimum Gasteiger partial charge on any atom is -0.366 e. The maximum atomic E-state index is 12.4. The number of hydrogen-bond donors (Lipinski definition) is 2. The van der Waals surface area contributed by atoms with Gasteiger partial charge in [-0.1, -0.05) is 43.3 Å². The van der Waals surface area contributed by atoms with E-state index in [1.807, 2.05) is 37.3 Å². The molecule has 2 amide bonds. The molecule has 0 bridgehead atoms. The molecule has 0 saturated carbocycles. The fourth-order valence-electron chi connectivity index (χ4n) is 2.24. The third-order valence-corrected chi connectivity index (χ3v) is 3.34. The van der Waals surface area contributed by atoms with Crippen LogP contribution in [0.1, 0.15) is 35.2 Å². The largest absolute Gasteiger partial charge is 0.366 e. The Kier molecular flexibility index (Phi) is 4.72. The van der Waals surface area contributed by atoms with E-state index in [1.165, 1.54) is 0 Å². The van der Waals surface area contributed by atoms with Crippen LogP contribution in [0.4, 0.5) is 5.69 Å². The number of carbonyl (C=O) groups is 2. The normalized spacial score (nSPS) is 11.7. The number of rotatable bonds is 5. The van der Waals surface area contributed by atoms with Crippen LogP contribution < -0.4 is 11.1 Å². The van der Waals surface area contributed by atoms with Crippen molar-refractivity contribution in [2.45, 2.75) is 19.3 Å². The van der Waals surface area contributed by atoms with Gasteiger partial charge in [0.2, 0.25) is 11.8 Å². The van der Waals surface area contributed by atoms with Crippen LogP contribution in [0.3, 0.4) is 0 Å². The molecule has 21 heavy (non-hydrogen) atoms. The average molecular weight is 282 g/mol. The highest BCUT2D eigenvalue weighted by atomic mass is 16.2. The highest BCUT2D eigenvalue weighted by molar-refractivity contribution is 5.98. The molecule has 0 aromatic heterocycles. The first-order chi connectivity index (χ1) is 10.1. The van der Waals surface area contributed by atoms with Gasteiger partial charge in [0.05, 0.1) is 5.92 Å². The molecular weight excluding hydrogens is 264 g/mol. The maximum Gasteiger partial charge on any atom is 0.248 e. The minimum atomic E-state index is -0.513. The van der Waals surface area contributed by atoms with Gasteiger partial charge >= 0.3 is 0 Å². The monoisotopic (exact) mass is 282 g/mol. The summed E-state index contributed by atoms with van der Waals surface area (Å²) in [6.45, 7) is 1.97. The van der Waals surface area contributed by atoms with E-state index >= 15 is 0 Å². The van der Waals surface area contributed by atoms with E-state index < -0.39 is 5.91 Å². The molecule has 1 atom stereocenters. The number of amides is 2. The second-order valence-electron chi connectivity index (χ2n) is 4.81. The molecule has 108 valence electrons. The van der Waals surface area contributed by atoms with E-state index in [4.69, 9.17) is 5.73 Å². The number of carbonyl (C=O) groups excluding carboxylic acids is 2. The number of nitrogens with one attached hydrogen (secondary N) is 1. The molecule has 2 rings (SSSR count). The summed E-state index contributed by atoms with van der Waals surface area (Å²) in [6.07, 6.45) is 0.700. The summed E-state index contributed by atoms with van der Waals surface area (Å²) in [7, 11) is 0. The lowest BCUT2D eigenvalue weighted by molar-refractivity contribution is -0.117. The fourth-order valence-corrected chi connectivity index (χ4v) is 2.24. The summed E-state index contributed by atoms with van der Waals surface area (Å²) in [4.78, 5) is 23.6. The van der Waals surface area contributed by atoms with E-state index in [0.717, 1.165) is 5.56 Å². The SMILES string of the molecule is CC[C@H](C(=O)Nc1cccc(C(N)=O)c1)c1ccccc1. The highest BCUT2D eigenvalue weighted by Gasteiger charge is 2.18. The van der Waals surface area contributed by atoms with Crippen molar-refractivity contribution in [3.8, 4) is 0 Å². The molecule has 4 heteroatoms. The molecule has 2 aromatic carbocycles. The second-order valence-corrected chi connectivity index (χ2v) is 4.81. The van der Waals surface area contributed by atoms with Crippen LogP contribution in [0.15, 0.2) is 54.6 Å². The van der Waals surface area contributed by atoms with E-state index in [9.17, 15) is 9.59 Å². The Morgan fingerprint density at radius 2 is 1.81 bits per heavy atom. The highest BCUT2D eigenvalue weighted by Crippen LogP contribution is 2.21. The lowest BCUT2D eigenvalue weighted by Gasteiger charge is -2.15. The van der Waals surface area contributed by atoms with Crippen molar-refractivity contribution < 1.29 is 9.59 Å². The van der Waals surface area contributed by atoms with Crippen molar-refractivity contribution in [3.63, 3.8) is 0 Å². The van der Waals surface area contributed by atoms with Gasteiger partial charge in [0.15, 0.2) is 0 Å². The van der Waals surface area contributed by atoms with Gasteiger partial charge < -0.3 is 11.1 Å². The van der Waals surface area contributed by atoms with E-state index in [1.54, 1.807) is 24.3 Å². The van der Waals surface area contributed by atoms with Gasteiger partial charge in [-0.05, 0) is 30.2 Å². The maximum absolute atomic E-state index is 12.4. The van der Waals surface area contributed by atoms with E-state index in [-0.39, 0.29) is 11.8 Å². The standard InChI is InChI=1S/C17H18N2O2/c1-2-15(12-7-4-3-5-8-12)17(21)19-14-10-6-9-13(11-14)16(18)20/h3-11,15H,2H2,1H3,(H2,18,20)(H,19,21)/t15-/m0/s1. The molecule has 0 radical (unpaired) electrons. The smallest absolute Gasteiger partial charge is 0.248 e. The van der Waals surface area contributed by atoms with Crippen molar-refractivity contribution in [3.05, 3.63) is 65.7 Å². The fraction of sp³-hybridized carbons (Fsp3) is 0.176. The quantitative estimate of drug-likeness (QED) is 0.885. The third kappa shape index (κ3) is 3.69. The van der Waals surface area contributed by atoms with E-state index in [2.05, 4.69) is 5.32 Å². The van der Waals surface area contributed by atoms with Crippen molar-refractivity contribution in [2.24, 2.45) is 5.73 Å². The molecule has 0 aliphatic carbocycles. The van der Waals surface area contributed by atoms with Crippen LogP contribution in [0.25, 0.3) is 0 Å². The molecule has 0 aliphatic heterocycles. The summed E-state index contributed by atoms with van der Waals surface area (Å²) in [5.41, 5.74) is 7.16. The van der Waals surface area contributed by atoms with Crippen molar-refractivity contribution in [1.29, 1.82) is 0 Å². The molecule has 0 unspecified atom stereocenters. The van der Waals surface area contributed by atoms with Crippen molar-refractivity contribution in [2.75, 3.05) is 5.32 Å². The van der Waals surface area contributed by atoms with Gasteiger partial charge in [-0.2, -0.15) is 0 Å². The number of primary amides is 1. The second kappa shape index (κ2) is 6.70. The molecule has 0 aliphatic rings. The van der Waals surface area contributed by atoms with Crippen LogP contribution in [0.5, 0.6) is 0 Å². The van der Waals surface area contributed by atoms with E-state index in [0.29, 0.717) is 17.7 Å². The lowest BCUT2D eigenvalue weighted by atomic mass is 9.95.